The van der Waals surface area contributed by atoms with Crippen LogP contribution in [0.5, 0.6) is 0 Å². The zero-order valence-corrected chi connectivity index (χ0v) is 5.94. The van der Waals surface area contributed by atoms with Gasteiger partial charge >= 0.3 is 0 Å². The molecule has 0 amide bonds. The summed E-state index contributed by atoms with van der Waals surface area (Å²) in [5.74, 6) is 0. The van der Waals surface area contributed by atoms with Gasteiger partial charge in [0.05, 0.1) is 18.5 Å². The standard InChI is InChI=1S/C9H7N2/c1-2-4-9-8(3-1)7-10-5-6-11-9/h1-7H/q+1. The molecule has 2 nitrogen and oxygen atoms in total. The Morgan fingerprint density at radius 1 is 1.27 bits per heavy atom. The summed E-state index contributed by atoms with van der Waals surface area (Å²) in [4.78, 5) is 8.19. The Morgan fingerprint density at radius 3 is 3.27 bits per heavy atom. The summed E-state index contributed by atoms with van der Waals surface area (Å²) in [5, 5.41) is 0. The van der Waals surface area contributed by atoms with E-state index in [4.69, 9.17) is 0 Å². The van der Waals surface area contributed by atoms with Crippen molar-refractivity contribution in [2.75, 3.05) is 0 Å². The third-order valence-corrected chi connectivity index (χ3v) is 1.52. The average molecular weight is 143 g/mol. The fraction of sp³-hybridized carbons (Fsp3) is 0. The molecule has 0 fully saturated rings. The van der Waals surface area contributed by atoms with Gasteiger partial charge in [0.25, 0.3) is 0 Å². The Labute approximate surface area is 64.9 Å². The van der Waals surface area contributed by atoms with Gasteiger partial charge in [-0.05, 0) is 0 Å². The van der Waals surface area contributed by atoms with Crippen LogP contribution in [0, 0.1) is 0 Å². The highest BCUT2D eigenvalue weighted by Gasteiger charge is 2.04. The molecule has 0 aromatic carbocycles. The van der Waals surface area contributed by atoms with E-state index in [1.807, 2.05) is 30.5 Å². The summed E-state index contributed by atoms with van der Waals surface area (Å²) in [6.45, 7) is 0. The zero-order valence-electron chi connectivity index (χ0n) is 5.94. The minimum atomic E-state index is 0.977. The summed E-state index contributed by atoms with van der Waals surface area (Å²) < 4.78 is 0. The second-order valence-corrected chi connectivity index (χ2v) is 2.26. The molecule has 11 heavy (non-hydrogen) atoms. The van der Waals surface area contributed by atoms with Crippen LogP contribution in [0.3, 0.4) is 0 Å². The van der Waals surface area contributed by atoms with Crippen LogP contribution in [-0.4, -0.2) is 9.97 Å². The molecular weight excluding hydrogens is 136 g/mol. The van der Waals surface area contributed by atoms with Crippen molar-refractivity contribution in [3.05, 3.63) is 42.9 Å². The van der Waals surface area contributed by atoms with Crippen LogP contribution in [-0.2, 0) is 0 Å². The summed E-state index contributed by atoms with van der Waals surface area (Å²) in [6.07, 6.45) is 5.19. The van der Waals surface area contributed by atoms with Gasteiger partial charge in [0.1, 0.15) is 5.56 Å². The molecule has 2 rings (SSSR count). The van der Waals surface area contributed by atoms with Crippen LogP contribution in [0.25, 0.3) is 11.3 Å². The SMILES string of the molecule is c1cc2cnccnc-2c[cH+]1. The van der Waals surface area contributed by atoms with Crippen molar-refractivity contribution in [3.63, 3.8) is 0 Å². The lowest BCUT2D eigenvalue weighted by atomic mass is 10.2. The van der Waals surface area contributed by atoms with E-state index in [9.17, 15) is 0 Å². The smallest absolute Gasteiger partial charge is 0.176 e. The molecule has 2 aliphatic rings. The maximum atomic E-state index is 4.18. The Hall–Kier alpha value is -1.57. The van der Waals surface area contributed by atoms with Gasteiger partial charge in [-0.15, -0.1) is 0 Å². The van der Waals surface area contributed by atoms with Gasteiger partial charge < -0.3 is 0 Å². The van der Waals surface area contributed by atoms with Crippen LogP contribution in [0.4, 0.5) is 0 Å². The van der Waals surface area contributed by atoms with Gasteiger partial charge in [0.15, 0.2) is 5.69 Å². The fourth-order valence-corrected chi connectivity index (χ4v) is 0.990. The fourth-order valence-electron chi connectivity index (χ4n) is 0.990. The number of para-hydroxylation sites is 1. The van der Waals surface area contributed by atoms with Gasteiger partial charge in [-0.3, -0.25) is 4.98 Å². The highest BCUT2D eigenvalue weighted by atomic mass is 14.7. The molecule has 0 atom stereocenters. The Morgan fingerprint density at radius 2 is 2.27 bits per heavy atom. The molecule has 0 spiro atoms. The molecule has 0 bridgehead atoms. The lowest BCUT2D eigenvalue weighted by Crippen LogP contribution is -1.77. The summed E-state index contributed by atoms with van der Waals surface area (Å²) in [5.41, 5.74) is 2.04. The molecule has 0 radical (unpaired) electrons. The average Bonchev–Trinajstić information content (AvgIpc) is 2.28. The molecule has 0 unspecified atom stereocenters. The van der Waals surface area contributed by atoms with Crippen molar-refractivity contribution in [1.82, 2.24) is 9.97 Å². The first kappa shape index (κ1) is 6.16. The Balaban J connectivity index is 2.75. The lowest BCUT2D eigenvalue weighted by Gasteiger charge is -1.84. The number of benzene rings is 1. The lowest BCUT2D eigenvalue weighted by molar-refractivity contribution is 1.33. The molecular formula is C9H7N2+. The largest absolute Gasteiger partial charge is 0.260 e. The first-order valence-electron chi connectivity index (χ1n) is 3.45. The van der Waals surface area contributed by atoms with Gasteiger partial charge in [0, 0.05) is 24.4 Å². The van der Waals surface area contributed by atoms with E-state index < -0.39 is 0 Å². The highest BCUT2D eigenvalue weighted by molar-refractivity contribution is 5.57. The second-order valence-electron chi connectivity index (χ2n) is 2.26. The molecule has 1 aliphatic carbocycles. The van der Waals surface area contributed by atoms with Crippen LogP contribution in [0.15, 0.2) is 42.9 Å². The number of hydrogen-bond donors (Lipinski definition) is 0. The number of hydrogen-bond acceptors (Lipinski definition) is 2. The molecule has 2 heteroatoms. The first-order chi connectivity index (χ1) is 5.47. The molecule has 0 saturated heterocycles. The topological polar surface area (TPSA) is 25.8 Å². The van der Waals surface area contributed by atoms with Crippen molar-refractivity contribution >= 4 is 0 Å². The number of fused-ring (bicyclic) bond motifs is 1. The van der Waals surface area contributed by atoms with E-state index in [1.165, 1.54) is 0 Å². The van der Waals surface area contributed by atoms with E-state index >= 15 is 0 Å². The van der Waals surface area contributed by atoms with E-state index in [0.717, 1.165) is 11.3 Å². The predicted octanol–water partition coefficient (Wildman–Crippen LogP) is 1.86. The molecule has 0 N–H and O–H groups in total. The van der Waals surface area contributed by atoms with Crippen molar-refractivity contribution in [3.8, 4) is 11.3 Å². The second kappa shape index (κ2) is 2.58. The van der Waals surface area contributed by atoms with E-state index in [2.05, 4.69) is 9.97 Å². The summed E-state index contributed by atoms with van der Waals surface area (Å²) in [6, 6.07) is 7.91. The Bertz CT molecular complexity index is 306. The summed E-state index contributed by atoms with van der Waals surface area (Å²) in [7, 11) is 0. The molecule has 1 heterocycles. The van der Waals surface area contributed by atoms with E-state index in [1.54, 1.807) is 12.4 Å². The number of rotatable bonds is 0. The van der Waals surface area contributed by atoms with Crippen LogP contribution >= 0.6 is 0 Å². The molecule has 0 aromatic heterocycles. The van der Waals surface area contributed by atoms with Crippen LogP contribution in [0.2, 0.25) is 0 Å². The van der Waals surface area contributed by atoms with Crippen LogP contribution in [0.1, 0.15) is 0 Å². The highest BCUT2D eigenvalue weighted by Crippen LogP contribution is 2.14. The van der Waals surface area contributed by atoms with Gasteiger partial charge in [-0.1, -0.05) is 0 Å². The third kappa shape index (κ3) is 1.15. The van der Waals surface area contributed by atoms with Crippen molar-refractivity contribution in [1.29, 1.82) is 0 Å². The van der Waals surface area contributed by atoms with Gasteiger partial charge in [-0.25, -0.2) is 0 Å². The third-order valence-electron chi connectivity index (χ3n) is 1.52. The molecule has 0 aromatic rings. The van der Waals surface area contributed by atoms with Gasteiger partial charge in [-0.2, -0.15) is 4.98 Å². The van der Waals surface area contributed by atoms with Crippen molar-refractivity contribution in [2.45, 2.75) is 0 Å². The Kier molecular flexibility index (Phi) is 1.44. The molecule has 52 valence electrons. The number of nitrogens with zero attached hydrogens (tertiary/aromatic N) is 2. The van der Waals surface area contributed by atoms with Gasteiger partial charge in [0.2, 0.25) is 0 Å². The van der Waals surface area contributed by atoms with E-state index in [0.29, 0.717) is 0 Å². The quantitative estimate of drug-likeness (QED) is 0.526. The van der Waals surface area contributed by atoms with E-state index in [-0.39, 0.29) is 0 Å². The maximum absolute atomic E-state index is 4.18. The number of aromatic nitrogens is 2. The molecule has 0 saturated carbocycles. The van der Waals surface area contributed by atoms with Crippen LogP contribution < -0.4 is 0 Å². The van der Waals surface area contributed by atoms with Crippen molar-refractivity contribution < 1.29 is 0 Å². The first-order valence-corrected chi connectivity index (χ1v) is 3.45. The normalized spacial score (nSPS) is 9.82. The maximum Gasteiger partial charge on any atom is 0.176 e. The summed E-state index contributed by atoms with van der Waals surface area (Å²) >= 11 is 0. The minimum absolute atomic E-state index is 0.977. The molecule has 1 aliphatic heterocycles. The monoisotopic (exact) mass is 143 g/mol. The van der Waals surface area contributed by atoms with Crippen molar-refractivity contribution in [2.24, 2.45) is 0 Å². The minimum Gasteiger partial charge on any atom is -0.260 e. The zero-order chi connectivity index (χ0) is 7.52. The predicted molar refractivity (Wildman–Crippen MR) is 43.1 cm³/mol.